The fourth-order valence-electron chi connectivity index (χ4n) is 3.87. The van der Waals surface area contributed by atoms with Gasteiger partial charge in [0.1, 0.15) is 5.76 Å². The highest BCUT2D eigenvalue weighted by Gasteiger charge is 2.32. The van der Waals surface area contributed by atoms with Crippen molar-refractivity contribution in [3.63, 3.8) is 0 Å². The van der Waals surface area contributed by atoms with Gasteiger partial charge in [0, 0.05) is 30.5 Å². The van der Waals surface area contributed by atoms with E-state index in [0.29, 0.717) is 41.7 Å². The summed E-state index contributed by atoms with van der Waals surface area (Å²) in [5, 5.41) is 21.8. The molecule has 29 heavy (non-hydrogen) atoms. The largest absolute Gasteiger partial charge is 0.411 e. The zero-order valence-electron chi connectivity index (χ0n) is 15.6. The van der Waals surface area contributed by atoms with Gasteiger partial charge in [0.05, 0.1) is 28.7 Å². The van der Waals surface area contributed by atoms with Crippen LogP contribution in [0.4, 0.5) is 5.69 Å². The number of nitrogens with one attached hydrogen (secondary N) is 3. The molecule has 0 amide bonds. The molecular weight excluding hydrogens is 384 g/mol. The van der Waals surface area contributed by atoms with Crippen molar-refractivity contribution in [2.75, 3.05) is 6.61 Å². The standard InChI is InChI=1S/C18H20N4O7/c1-9-8-18(25,21-29-9)4-5-28-10-2-3-11-12(6-10)15-13(7-14(11)22(26)27)19-16(23)17(24)20-15/h7-8,10,21,25H,2-6H2,1H3,(H,19,23)(H,20,24). The average molecular weight is 404 g/mol. The number of hydroxylamine groups is 1. The van der Waals surface area contributed by atoms with Crippen molar-refractivity contribution < 1.29 is 19.6 Å². The fourth-order valence-corrected chi connectivity index (χ4v) is 3.87. The highest BCUT2D eigenvalue weighted by atomic mass is 16.7. The Morgan fingerprint density at radius 3 is 2.79 bits per heavy atom. The molecule has 2 aliphatic rings. The zero-order valence-corrected chi connectivity index (χ0v) is 15.6. The number of benzene rings is 1. The molecule has 154 valence electrons. The highest BCUT2D eigenvalue weighted by Crippen LogP contribution is 2.35. The number of fused-ring (bicyclic) bond motifs is 3. The number of H-pyrrole nitrogens is 2. The number of nitrogens with zero attached hydrogens (tertiary/aromatic N) is 1. The lowest BCUT2D eigenvalue weighted by Gasteiger charge is -2.27. The molecular formula is C18H20N4O7. The molecule has 1 aliphatic carbocycles. The molecule has 0 saturated carbocycles. The second-order valence-corrected chi connectivity index (χ2v) is 7.31. The van der Waals surface area contributed by atoms with Gasteiger partial charge in [-0.3, -0.25) is 19.7 Å². The van der Waals surface area contributed by atoms with Crippen molar-refractivity contribution in [2.24, 2.45) is 0 Å². The third kappa shape index (κ3) is 3.67. The van der Waals surface area contributed by atoms with Crippen molar-refractivity contribution in [1.82, 2.24) is 15.4 Å². The van der Waals surface area contributed by atoms with Crippen LogP contribution in [0.25, 0.3) is 11.0 Å². The van der Waals surface area contributed by atoms with Crippen LogP contribution in [-0.4, -0.2) is 38.4 Å². The van der Waals surface area contributed by atoms with E-state index in [4.69, 9.17) is 9.57 Å². The van der Waals surface area contributed by atoms with Gasteiger partial charge < -0.3 is 24.6 Å². The molecule has 11 nitrogen and oxygen atoms in total. The smallest absolute Gasteiger partial charge is 0.314 e. The molecule has 4 N–H and O–H groups in total. The van der Waals surface area contributed by atoms with E-state index >= 15 is 0 Å². The van der Waals surface area contributed by atoms with Crippen molar-refractivity contribution in [3.8, 4) is 0 Å². The maximum atomic E-state index is 11.8. The molecule has 11 heteroatoms. The summed E-state index contributed by atoms with van der Waals surface area (Å²) in [5.41, 5.74) is 1.19. The lowest BCUT2D eigenvalue weighted by molar-refractivity contribution is -0.385. The minimum absolute atomic E-state index is 0.0872. The van der Waals surface area contributed by atoms with Gasteiger partial charge in [0.15, 0.2) is 5.72 Å². The quantitative estimate of drug-likeness (QED) is 0.319. The second kappa shape index (κ2) is 7.10. The number of rotatable bonds is 5. The summed E-state index contributed by atoms with van der Waals surface area (Å²) in [6.45, 7) is 1.95. The number of hydrogen-bond donors (Lipinski definition) is 4. The number of ether oxygens (including phenoxy) is 1. The Morgan fingerprint density at radius 2 is 2.10 bits per heavy atom. The van der Waals surface area contributed by atoms with Crippen LogP contribution >= 0.6 is 0 Å². The second-order valence-electron chi connectivity index (χ2n) is 7.31. The third-order valence-electron chi connectivity index (χ3n) is 5.23. The first-order chi connectivity index (χ1) is 13.8. The van der Waals surface area contributed by atoms with Crippen LogP contribution in [0.1, 0.15) is 30.9 Å². The molecule has 2 aromatic rings. The molecule has 1 aromatic carbocycles. The van der Waals surface area contributed by atoms with Gasteiger partial charge in [-0.1, -0.05) is 0 Å². The Bertz CT molecular complexity index is 1140. The topological polar surface area (TPSA) is 160 Å². The van der Waals surface area contributed by atoms with Crippen LogP contribution in [0.5, 0.6) is 0 Å². The Morgan fingerprint density at radius 1 is 1.34 bits per heavy atom. The van der Waals surface area contributed by atoms with Crippen molar-refractivity contribution in [1.29, 1.82) is 0 Å². The number of aromatic amines is 2. The molecule has 1 aromatic heterocycles. The van der Waals surface area contributed by atoms with E-state index in [9.17, 15) is 24.8 Å². The van der Waals surface area contributed by atoms with E-state index in [-0.39, 0.29) is 30.3 Å². The Kier molecular flexibility index (Phi) is 4.73. The Balaban J connectivity index is 1.59. The lowest BCUT2D eigenvalue weighted by atomic mass is 9.87. The maximum absolute atomic E-state index is 11.8. The van der Waals surface area contributed by atoms with Gasteiger partial charge in [-0.05, 0) is 25.3 Å². The van der Waals surface area contributed by atoms with E-state index in [0.717, 1.165) is 0 Å². The number of allylic oxidation sites excluding steroid dienone is 1. The Hall–Kier alpha value is -3.02. The number of aliphatic hydroxyl groups is 1. The van der Waals surface area contributed by atoms with E-state index in [1.807, 2.05) is 0 Å². The predicted molar refractivity (Wildman–Crippen MR) is 101 cm³/mol. The summed E-state index contributed by atoms with van der Waals surface area (Å²) in [7, 11) is 0. The van der Waals surface area contributed by atoms with E-state index in [1.165, 1.54) is 6.07 Å². The summed E-state index contributed by atoms with van der Waals surface area (Å²) < 4.78 is 5.89. The molecule has 1 aliphatic heterocycles. The first kappa shape index (κ1) is 19.3. The number of nitro groups is 1. The summed E-state index contributed by atoms with van der Waals surface area (Å²) in [5.74, 6) is 0.566. The maximum Gasteiger partial charge on any atom is 0.314 e. The lowest BCUT2D eigenvalue weighted by Crippen LogP contribution is -2.40. The highest BCUT2D eigenvalue weighted by molar-refractivity contribution is 5.83. The normalized spacial score (nSPS) is 23.5. The number of aromatic nitrogens is 2. The zero-order chi connectivity index (χ0) is 20.8. The van der Waals surface area contributed by atoms with Gasteiger partial charge >= 0.3 is 11.1 Å². The van der Waals surface area contributed by atoms with Crippen LogP contribution in [0, 0.1) is 10.1 Å². The van der Waals surface area contributed by atoms with Gasteiger partial charge in [0.25, 0.3) is 5.69 Å². The molecule has 0 saturated heterocycles. The van der Waals surface area contributed by atoms with Crippen molar-refractivity contribution in [2.45, 2.75) is 44.4 Å². The van der Waals surface area contributed by atoms with E-state index in [1.54, 1.807) is 13.0 Å². The molecule has 4 rings (SSSR count). The van der Waals surface area contributed by atoms with E-state index < -0.39 is 21.8 Å². The van der Waals surface area contributed by atoms with E-state index in [2.05, 4.69) is 15.4 Å². The predicted octanol–water partition coefficient (Wildman–Crippen LogP) is 0.516. The first-order valence-corrected chi connectivity index (χ1v) is 9.19. The average Bonchev–Trinajstić information content (AvgIpc) is 3.01. The summed E-state index contributed by atoms with van der Waals surface area (Å²) >= 11 is 0. The van der Waals surface area contributed by atoms with Gasteiger partial charge in [-0.15, -0.1) is 5.48 Å². The molecule has 2 atom stereocenters. The number of nitro benzene ring substituents is 1. The van der Waals surface area contributed by atoms with Crippen LogP contribution in [0.15, 0.2) is 27.5 Å². The van der Waals surface area contributed by atoms with Gasteiger partial charge in [-0.2, -0.15) is 0 Å². The monoisotopic (exact) mass is 404 g/mol. The summed E-state index contributed by atoms with van der Waals surface area (Å²) in [6, 6.07) is 1.28. The summed E-state index contributed by atoms with van der Waals surface area (Å²) in [6.07, 6.45) is 2.87. The molecule has 0 fully saturated rings. The molecule has 0 spiro atoms. The van der Waals surface area contributed by atoms with Crippen LogP contribution in [0.2, 0.25) is 0 Å². The summed E-state index contributed by atoms with van der Waals surface area (Å²) in [4.78, 5) is 44.4. The first-order valence-electron chi connectivity index (χ1n) is 9.19. The van der Waals surface area contributed by atoms with Crippen molar-refractivity contribution >= 4 is 16.7 Å². The molecule has 0 bridgehead atoms. The van der Waals surface area contributed by atoms with Crippen molar-refractivity contribution in [3.05, 3.63) is 59.9 Å². The van der Waals surface area contributed by atoms with Crippen LogP contribution in [-0.2, 0) is 22.4 Å². The third-order valence-corrected chi connectivity index (χ3v) is 5.23. The molecule has 0 radical (unpaired) electrons. The van der Waals surface area contributed by atoms with Crippen LogP contribution in [0.3, 0.4) is 0 Å². The number of hydrogen-bond acceptors (Lipinski definition) is 8. The Labute approximate surface area is 163 Å². The van der Waals surface area contributed by atoms with Crippen LogP contribution < -0.4 is 16.6 Å². The van der Waals surface area contributed by atoms with Gasteiger partial charge in [0.2, 0.25) is 0 Å². The minimum atomic E-state index is -1.30. The fraction of sp³-hybridized carbons (Fsp3) is 0.444. The SMILES string of the molecule is CC1=CC(O)(CCOC2CCc3c([N+](=O)[O-])cc4[nH]c(=O)c(=O)[nH]c4c3C2)NO1. The minimum Gasteiger partial charge on any atom is -0.411 e. The van der Waals surface area contributed by atoms with Gasteiger partial charge in [-0.25, -0.2) is 0 Å². The molecule has 2 heterocycles. The molecule has 2 unspecified atom stereocenters.